The van der Waals surface area contributed by atoms with E-state index in [0.29, 0.717) is 23.7 Å². The summed E-state index contributed by atoms with van der Waals surface area (Å²) in [4.78, 5) is 25.9. The number of benzene rings is 1. The summed E-state index contributed by atoms with van der Waals surface area (Å²) in [6.07, 6.45) is 1.85. The Labute approximate surface area is 116 Å². The smallest absolute Gasteiger partial charge is 0.247 e. The number of carbonyl (C=O) groups excluding carboxylic acids is 2. The molecule has 0 aromatic heterocycles. The van der Waals surface area contributed by atoms with Gasteiger partial charge < -0.3 is 4.90 Å². The Kier molecular flexibility index (Phi) is 4.18. The Morgan fingerprint density at radius 1 is 1.32 bits per heavy atom. The lowest BCUT2D eigenvalue weighted by molar-refractivity contribution is -0.131. The Balaban J connectivity index is 2.20. The zero-order valence-corrected chi connectivity index (χ0v) is 11.1. The molecule has 0 unspecified atom stereocenters. The van der Waals surface area contributed by atoms with Gasteiger partial charge in [0.2, 0.25) is 5.91 Å². The van der Waals surface area contributed by atoms with E-state index in [1.54, 1.807) is 23.1 Å². The lowest BCUT2D eigenvalue weighted by Gasteiger charge is -2.18. The van der Waals surface area contributed by atoms with Crippen LogP contribution in [0.25, 0.3) is 0 Å². The molecule has 2 rings (SSSR count). The van der Waals surface area contributed by atoms with Crippen LogP contribution in [-0.4, -0.2) is 29.7 Å². The molecule has 1 amide bonds. The monoisotopic (exact) mass is 276 g/mol. The summed E-state index contributed by atoms with van der Waals surface area (Å²) < 4.78 is 0. The Morgan fingerprint density at radius 2 is 2.00 bits per heavy atom. The summed E-state index contributed by atoms with van der Waals surface area (Å²) in [6, 6.07) is 8.13. The quantitative estimate of drug-likeness (QED) is 0.628. The van der Waals surface area contributed by atoms with Crippen molar-refractivity contribution in [1.82, 2.24) is 4.90 Å². The average Bonchev–Trinajstić information content (AvgIpc) is 2.93. The molecule has 1 saturated heterocycles. The number of likely N-dealkylation sites (tertiary alicyclic amines) is 1. The Bertz CT molecular complexity index is 545. The number of nitriles is 1. The van der Waals surface area contributed by atoms with Gasteiger partial charge in [-0.25, -0.2) is 0 Å². The van der Waals surface area contributed by atoms with Gasteiger partial charge in [-0.15, -0.1) is 0 Å². The van der Waals surface area contributed by atoms with Gasteiger partial charge in [0.1, 0.15) is 0 Å². The van der Waals surface area contributed by atoms with E-state index in [4.69, 9.17) is 16.9 Å². The van der Waals surface area contributed by atoms with Crippen LogP contribution in [0.5, 0.6) is 0 Å². The van der Waals surface area contributed by atoms with Gasteiger partial charge in [-0.05, 0) is 25.0 Å². The van der Waals surface area contributed by atoms with E-state index < -0.39 is 17.6 Å². The first-order chi connectivity index (χ1) is 9.13. The third kappa shape index (κ3) is 2.94. The highest BCUT2D eigenvalue weighted by Crippen LogP contribution is 2.18. The van der Waals surface area contributed by atoms with Crippen molar-refractivity contribution in [3.8, 4) is 6.07 Å². The van der Waals surface area contributed by atoms with E-state index in [-0.39, 0.29) is 0 Å². The van der Waals surface area contributed by atoms with E-state index in [1.165, 1.54) is 6.07 Å². The summed E-state index contributed by atoms with van der Waals surface area (Å²) in [5, 5.41) is 9.52. The normalized spacial score (nSPS) is 15.9. The number of ketones is 1. The van der Waals surface area contributed by atoms with Gasteiger partial charge in [0.25, 0.3) is 0 Å². The zero-order valence-electron chi connectivity index (χ0n) is 10.3. The standard InChI is InChI=1S/C14H13ClN2O2/c15-11-5-3-4-10(8-11)13(18)12(9-16)14(19)17-6-1-2-7-17/h3-5,8,12H,1-2,6-7H2/t12-/m1/s1. The molecule has 0 spiro atoms. The van der Waals surface area contributed by atoms with Gasteiger partial charge in [0.05, 0.1) is 6.07 Å². The molecule has 5 heteroatoms. The number of rotatable bonds is 3. The first kappa shape index (κ1) is 13.6. The van der Waals surface area contributed by atoms with Gasteiger partial charge in [-0.1, -0.05) is 23.7 Å². The Hall–Kier alpha value is -1.86. The van der Waals surface area contributed by atoms with Crippen LogP contribution in [0.4, 0.5) is 0 Å². The van der Waals surface area contributed by atoms with E-state index >= 15 is 0 Å². The van der Waals surface area contributed by atoms with Crippen LogP contribution in [0, 0.1) is 17.2 Å². The lowest BCUT2D eigenvalue weighted by Crippen LogP contribution is -2.37. The molecule has 1 fully saturated rings. The van der Waals surface area contributed by atoms with Crippen LogP contribution < -0.4 is 0 Å². The highest BCUT2D eigenvalue weighted by atomic mass is 35.5. The van der Waals surface area contributed by atoms with Crippen LogP contribution in [0.3, 0.4) is 0 Å². The third-order valence-electron chi connectivity index (χ3n) is 3.17. The molecule has 0 radical (unpaired) electrons. The maximum absolute atomic E-state index is 12.2. The highest BCUT2D eigenvalue weighted by molar-refractivity contribution is 6.31. The summed E-state index contributed by atoms with van der Waals surface area (Å²) in [7, 11) is 0. The molecular weight excluding hydrogens is 264 g/mol. The molecule has 19 heavy (non-hydrogen) atoms. The Morgan fingerprint density at radius 3 is 2.58 bits per heavy atom. The number of hydrogen-bond donors (Lipinski definition) is 0. The average molecular weight is 277 g/mol. The molecule has 0 N–H and O–H groups in total. The summed E-state index contributed by atoms with van der Waals surface area (Å²) >= 11 is 5.81. The maximum atomic E-state index is 12.2. The second-order valence-electron chi connectivity index (χ2n) is 4.47. The molecule has 0 saturated carbocycles. The van der Waals surface area contributed by atoms with Crippen molar-refractivity contribution in [1.29, 1.82) is 5.26 Å². The van der Waals surface area contributed by atoms with E-state index in [0.717, 1.165) is 12.8 Å². The van der Waals surface area contributed by atoms with Gasteiger partial charge in [-0.3, -0.25) is 9.59 Å². The molecule has 1 aliphatic heterocycles. The van der Waals surface area contributed by atoms with Crippen molar-refractivity contribution in [2.45, 2.75) is 12.8 Å². The highest BCUT2D eigenvalue weighted by Gasteiger charge is 2.32. The largest absolute Gasteiger partial charge is 0.341 e. The van der Waals surface area contributed by atoms with Crippen molar-refractivity contribution in [2.24, 2.45) is 5.92 Å². The molecule has 1 atom stereocenters. The molecule has 1 aliphatic rings. The van der Waals surface area contributed by atoms with Gasteiger partial charge in [0.15, 0.2) is 11.7 Å². The van der Waals surface area contributed by atoms with Crippen LogP contribution in [-0.2, 0) is 4.79 Å². The van der Waals surface area contributed by atoms with E-state index in [9.17, 15) is 9.59 Å². The number of halogens is 1. The molecule has 1 aromatic carbocycles. The first-order valence-electron chi connectivity index (χ1n) is 6.11. The van der Waals surface area contributed by atoms with Crippen molar-refractivity contribution in [3.05, 3.63) is 34.9 Å². The molecule has 1 aromatic rings. The third-order valence-corrected chi connectivity index (χ3v) is 3.40. The van der Waals surface area contributed by atoms with Crippen molar-refractivity contribution in [2.75, 3.05) is 13.1 Å². The van der Waals surface area contributed by atoms with Crippen molar-refractivity contribution < 1.29 is 9.59 Å². The minimum absolute atomic E-state index is 0.298. The number of hydrogen-bond acceptors (Lipinski definition) is 3. The fraction of sp³-hybridized carbons (Fsp3) is 0.357. The summed E-state index contributed by atoms with van der Waals surface area (Å²) in [6.45, 7) is 1.25. The molecular formula is C14H13ClN2O2. The number of Topliss-reactive ketones (excluding diaryl/α,β-unsaturated/α-hetero) is 1. The first-order valence-corrected chi connectivity index (χ1v) is 6.49. The fourth-order valence-corrected chi connectivity index (χ4v) is 2.34. The SMILES string of the molecule is N#C[C@H](C(=O)c1cccc(Cl)c1)C(=O)N1CCCC1. The van der Waals surface area contributed by atoms with Crippen LogP contribution in [0.2, 0.25) is 5.02 Å². The molecule has 1 heterocycles. The topological polar surface area (TPSA) is 61.2 Å². The van der Waals surface area contributed by atoms with E-state index in [1.807, 2.05) is 6.07 Å². The second-order valence-corrected chi connectivity index (χ2v) is 4.91. The lowest BCUT2D eigenvalue weighted by atomic mass is 9.97. The van der Waals surface area contributed by atoms with Gasteiger partial charge in [-0.2, -0.15) is 5.26 Å². The van der Waals surface area contributed by atoms with Crippen molar-refractivity contribution in [3.63, 3.8) is 0 Å². The number of amides is 1. The molecule has 0 bridgehead atoms. The van der Waals surface area contributed by atoms with E-state index in [2.05, 4.69) is 0 Å². The second kappa shape index (κ2) is 5.85. The molecule has 4 nitrogen and oxygen atoms in total. The predicted octanol–water partition coefficient (Wildman–Crippen LogP) is 2.28. The predicted molar refractivity (Wildman–Crippen MR) is 70.7 cm³/mol. The summed E-state index contributed by atoms with van der Waals surface area (Å²) in [5.74, 6) is -2.15. The van der Waals surface area contributed by atoms with Crippen LogP contribution >= 0.6 is 11.6 Å². The van der Waals surface area contributed by atoms with Crippen LogP contribution in [0.1, 0.15) is 23.2 Å². The maximum Gasteiger partial charge on any atom is 0.247 e. The minimum atomic E-state index is -1.27. The van der Waals surface area contributed by atoms with Crippen molar-refractivity contribution >= 4 is 23.3 Å². The minimum Gasteiger partial charge on any atom is -0.341 e. The number of carbonyl (C=O) groups is 2. The molecule has 0 aliphatic carbocycles. The van der Waals surface area contributed by atoms with Crippen LogP contribution in [0.15, 0.2) is 24.3 Å². The molecule has 98 valence electrons. The van der Waals surface area contributed by atoms with Gasteiger partial charge in [0, 0.05) is 23.7 Å². The zero-order chi connectivity index (χ0) is 13.8. The summed E-state index contributed by atoms with van der Waals surface area (Å²) in [5.41, 5.74) is 0.298. The fourth-order valence-electron chi connectivity index (χ4n) is 2.15. The number of nitrogens with zero attached hydrogens (tertiary/aromatic N) is 2. The van der Waals surface area contributed by atoms with Gasteiger partial charge >= 0.3 is 0 Å².